The van der Waals surface area contributed by atoms with Gasteiger partial charge in [0, 0.05) is 39.8 Å². The lowest BCUT2D eigenvalue weighted by Crippen LogP contribution is -2.47. The Morgan fingerprint density at radius 2 is 1.91 bits per heavy atom. The minimum absolute atomic E-state index is 0.809. The van der Waals surface area contributed by atoms with Crippen molar-refractivity contribution in [1.82, 2.24) is 24.6 Å². The van der Waals surface area contributed by atoms with Gasteiger partial charge in [0.15, 0.2) is 5.65 Å². The third kappa shape index (κ3) is 2.85. The van der Waals surface area contributed by atoms with Gasteiger partial charge in [-0.05, 0) is 19.9 Å². The summed E-state index contributed by atoms with van der Waals surface area (Å²) >= 11 is 0. The van der Waals surface area contributed by atoms with Crippen LogP contribution in [0.5, 0.6) is 0 Å². The van der Waals surface area contributed by atoms with Crippen molar-refractivity contribution in [3.8, 4) is 0 Å². The molecule has 0 unspecified atom stereocenters. The Labute approximate surface area is 131 Å². The molecule has 0 aromatic carbocycles. The molecule has 1 N–H and O–H groups in total. The molecule has 1 aliphatic heterocycles. The molecular weight excluding hydrogens is 278 g/mol. The second-order valence-corrected chi connectivity index (χ2v) is 5.74. The summed E-state index contributed by atoms with van der Waals surface area (Å²) < 4.78 is 1.81. The van der Waals surface area contributed by atoms with Gasteiger partial charge < -0.3 is 10.2 Å². The second-order valence-electron chi connectivity index (χ2n) is 5.74. The number of fused-ring (bicyclic) bond motifs is 1. The molecule has 7 heteroatoms. The average Bonchev–Trinajstić information content (AvgIpc) is 2.90. The molecule has 3 heterocycles. The first kappa shape index (κ1) is 15.0. The summed E-state index contributed by atoms with van der Waals surface area (Å²) in [6, 6.07) is 0. The van der Waals surface area contributed by atoms with Crippen molar-refractivity contribution < 1.29 is 0 Å². The van der Waals surface area contributed by atoms with E-state index in [2.05, 4.69) is 34.1 Å². The Morgan fingerprint density at radius 1 is 1.14 bits per heavy atom. The Balaban J connectivity index is 1.86. The van der Waals surface area contributed by atoms with Gasteiger partial charge >= 0.3 is 0 Å². The molecule has 22 heavy (non-hydrogen) atoms. The minimum Gasteiger partial charge on any atom is -0.370 e. The van der Waals surface area contributed by atoms with E-state index < -0.39 is 0 Å². The monoisotopic (exact) mass is 303 g/mol. The molecule has 1 fully saturated rings. The van der Waals surface area contributed by atoms with Crippen LogP contribution < -0.4 is 10.2 Å². The molecule has 0 bridgehead atoms. The maximum absolute atomic E-state index is 4.73. The van der Waals surface area contributed by atoms with Gasteiger partial charge in [0.1, 0.15) is 5.82 Å². The van der Waals surface area contributed by atoms with Crippen molar-refractivity contribution in [2.24, 2.45) is 7.05 Å². The first-order valence-electron chi connectivity index (χ1n) is 8.13. The molecule has 0 saturated carbocycles. The molecule has 0 radical (unpaired) electrons. The third-order valence-corrected chi connectivity index (χ3v) is 4.12. The van der Waals surface area contributed by atoms with Crippen molar-refractivity contribution in [2.75, 3.05) is 49.5 Å². The number of rotatable bonds is 5. The van der Waals surface area contributed by atoms with Gasteiger partial charge in [0.25, 0.3) is 0 Å². The van der Waals surface area contributed by atoms with E-state index in [9.17, 15) is 0 Å². The van der Waals surface area contributed by atoms with Crippen molar-refractivity contribution >= 4 is 22.8 Å². The summed E-state index contributed by atoms with van der Waals surface area (Å²) in [6.45, 7) is 10.4. The molecule has 7 nitrogen and oxygen atoms in total. The third-order valence-electron chi connectivity index (χ3n) is 4.12. The molecule has 0 spiro atoms. The quantitative estimate of drug-likeness (QED) is 0.899. The van der Waals surface area contributed by atoms with E-state index in [1.165, 1.54) is 13.0 Å². The highest BCUT2D eigenvalue weighted by molar-refractivity contribution is 5.87. The number of nitrogens with one attached hydrogen (secondary N) is 1. The zero-order valence-corrected chi connectivity index (χ0v) is 13.7. The molecular formula is C15H25N7. The van der Waals surface area contributed by atoms with E-state index >= 15 is 0 Å². The number of aryl methyl sites for hydroxylation is 1. The largest absolute Gasteiger partial charge is 0.370 e. The summed E-state index contributed by atoms with van der Waals surface area (Å²) in [6.07, 6.45) is 3.04. The van der Waals surface area contributed by atoms with Gasteiger partial charge in [-0.2, -0.15) is 15.1 Å². The lowest BCUT2D eigenvalue weighted by atomic mass is 10.3. The summed E-state index contributed by atoms with van der Waals surface area (Å²) in [5.74, 6) is 1.69. The number of hydrogen-bond donors (Lipinski definition) is 1. The van der Waals surface area contributed by atoms with Gasteiger partial charge in [0.2, 0.25) is 5.95 Å². The highest BCUT2D eigenvalue weighted by Crippen LogP contribution is 2.23. The predicted molar refractivity (Wildman–Crippen MR) is 89.4 cm³/mol. The van der Waals surface area contributed by atoms with Gasteiger partial charge in [-0.25, -0.2) is 0 Å². The SMILES string of the molecule is CCCN1CCN(c2nc(NCC)c3cnn(C)c3n2)CC1. The number of nitrogens with zero attached hydrogens (tertiary/aromatic N) is 6. The molecule has 1 aliphatic rings. The Hall–Kier alpha value is -1.89. The van der Waals surface area contributed by atoms with Crippen LogP contribution in [-0.4, -0.2) is 63.9 Å². The van der Waals surface area contributed by atoms with E-state index in [1.54, 1.807) is 0 Å². The van der Waals surface area contributed by atoms with Gasteiger partial charge in [0.05, 0.1) is 11.6 Å². The van der Waals surface area contributed by atoms with E-state index in [1.807, 2.05) is 17.9 Å². The zero-order chi connectivity index (χ0) is 15.5. The molecule has 2 aromatic rings. The van der Waals surface area contributed by atoms with Crippen LogP contribution in [0.25, 0.3) is 11.0 Å². The maximum Gasteiger partial charge on any atom is 0.229 e. The molecule has 0 amide bonds. The van der Waals surface area contributed by atoms with Crippen molar-refractivity contribution in [3.05, 3.63) is 6.20 Å². The van der Waals surface area contributed by atoms with E-state index in [0.29, 0.717) is 0 Å². The fourth-order valence-corrected chi connectivity index (χ4v) is 2.94. The van der Waals surface area contributed by atoms with Gasteiger partial charge in [-0.1, -0.05) is 6.92 Å². The summed E-state index contributed by atoms with van der Waals surface area (Å²) in [7, 11) is 1.92. The Bertz CT molecular complexity index is 628. The molecule has 0 atom stereocenters. The van der Waals surface area contributed by atoms with Gasteiger partial charge in [-0.3, -0.25) is 9.58 Å². The summed E-state index contributed by atoms with van der Waals surface area (Å²) in [4.78, 5) is 14.2. The van der Waals surface area contributed by atoms with Crippen molar-refractivity contribution in [3.63, 3.8) is 0 Å². The minimum atomic E-state index is 0.809. The highest BCUT2D eigenvalue weighted by atomic mass is 15.4. The average molecular weight is 303 g/mol. The van der Waals surface area contributed by atoms with E-state index in [-0.39, 0.29) is 0 Å². The summed E-state index contributed by atoms with van der Waals surface area (Å²) in [5, 5.41) is 8.62. The molecule has 3 rings (SSSR count). The lowest BCUT2D eigenvalue weighted by Gasteiger charge is -2.34. The van der Waals surface area contributed by atoms with Crippen LogP contribution in [0.2, 0.25) is 0 Å². The van der Waals surface area contributed by atoms with Crippen LogP contribution in [0, 0.1) is 0 Å². The molecule has 2 aromatic heterocycles. The van der Waals surface area contributed by atoms with Crippen LogP contribution in [0.3, 0.4) is 0 Å². The summed E-state index contributed by atoms with van der Waals surface area (Å²) in [5.41, 5.74) is 0.886. The van der Waals surface area contributed by atoms with Crippen molar-refractivity contribution in [1.29, 1.82) is 0 Å². The normalized spacial score (nSPS) is 16.4. The van der Waals surface area contributed by atoms with E-state index in [4.69, 9.17) is 9.97 Å². The maximum atomic E-state index is 4.73. The molecule has 1 saturated heterocycles. The fraction of sp³-hybridized carbons (Fsp3) is 0.667. The van der Waals surface area contributed by atoms with Crippen LogP contribution >= 0.6 is 0 Å². The van der Waals surface area contributed by atoms with Crippen molar-refractivity contribution in [2.45, 2.75) is 20.3 Å². The second kappa shape index (κ2) is 6.48. The zero-order valence-electron chi connectivity index (χ0n) is 13.7. The topological polar surface area (TPSA) is 62.1 Å². The first-order valence-corrected chi connectivity index (χ1v) is 8.13. The fourth-order valence-electron chi connectivity index (χ4n) is 2.94. The Kier molecular flexibility index (Phi) is 4.42. The standard InChI is InChI=1S/C15H25N7/c1-4-6-21-7-9-22(10-8-21)15-18-13(16-5-2)12-11-17-20(3)14(12)19-15/h11H,4-10H2,1-3H3,(H,16,18,19). The van der Waals surface area contributed by atoms with E-state index in [0.717, 1.165) is 55.5 Å². The molecule has 120 valence electrons. The van der Waals surface area contributed by atoms with Crippen LogP contribution in [-0.2, 0) is 7.05 Å². The number of piperazine rings is 1. The number of aromatic nitrogens is 4. The van der Waals surface area contributed by atoms with Crippen LogP contribution in [0.4, 0.5) is 11.8 Å². The highest BCUT2D eigenvalue weighted by Gasteiger charge is 2.20. The smallest absolute Gasteiger partial charge is 0.229 e. The number of anilines is 2. The van der Waals surface area contributed by atoms with Gasteiger partial charge in [-0.15, -0.1) is 0 Å². The number of hydrogen-bond acceptors (Lipinski definition) is 6. The predicted octanol–water partition coefficient (Wildman–Crippen LogP) is 1.33. The molecule has 0 aliphatic carbocycles. The van der Waals surface area contributed by atoms with Crippen LogP contribution in [0.15, 0.2) is 6.20 Å². The Morgan fingerprint density at radius 3 is 2.59 bits per heavy atom. The lowest BCUT2D eigenvalue weighted by molar-refractivity contribution is 0.257. The van der Waals surface area contributed by atoms with Crippen LogP contribution in [0.1, 0.15) is 20.3 Å². The first-order chi connectivity index (χ1) is 10.7.